The molecule has 1 fully saturated rings. The molecule has 0 unspecified atom stereocenters. The van der Waals surface area contributed by atoms with Gasteiger partial charge in [0.05, 0.1) is 0 Å². The van der Waals surface area contributed by atoms with Crippen molar-refractivity contribution in [2.45, 2.75) is 52.0 Å². The normalized spacial score (nSPS) is 21.6. The van der Waals surface area contributed by atoms with Gasteiger partial charge in [-0.2, -0.15) is 0 Å². The second-order valence-electron chi connectivity index (χ2n) is 5.86. The lowest BCUT2D eigenvalue weighted by Crippen LogP contribution is -2.40. The maximum atomic E-state index is 12.0. The second-order valence-corrected chi connectivity index (χ2v) is 5.86. The molecule has 2 amide bonds. The fraction of sp³-hybridized carbons (Fsp3) is 0.529. The average molecular weight is 288 g/mol. The van der Waals surface area contributed by atoms with Gasteiger partial charge in [0, 0.05) is 17.3 Å². The van der Waals surface area contributed by atoms with E-state index in [4.69, 9.17) is 0 Å². The highest BCUT2D eigenvalue weighted by Gasteiger charge is 2.21. The van der Waals surface area contributed by atoms with Crippen molar-refractivity contribution in [3.63, 3.8) is 0 Å². The first kappa shape index (κ1) is 15.5. The Morgan fingerprint density at radius 1 is 1.10 bits per heavy atom. The summed E-state index contributed by atoms with van der Waals surface area (Å²) in [4.78, 5) is 23.2. The van der Waals surface area contributed by atoms with E-state index in [1.807, 2.05) is 0 Å². The van der Waals surface area contributed by atoms with Crippen molar-refractivity contribution in [3.8, 4) is 0 Å². The maximum Gasteiger partial charge on any atom is 0.319 e. The number of ketones is 1. The van der Waals surface area contributed by atoms with Gasteiger partial charge in [0.1, 0.15) is 0 Å². The van der Waals surface area contributed by atoms with E-state index in [1.165, 1.54) is 26.2 Å². The monoisotopic (exact) mass is 288 g/mol. The van der Waals surface area contributed by atoms with Crippen molar-refractivity contribution in [1.29, 1.82) is 0 Å². The van der Waals surface area contributed by atoms with Crippen LogP contribution < -0.4 is 10.6 Å². The van der Waals surface area contributed by atoms with Gasteiger partial charge >= 0.3 is 6.03 Å². The van der Waals surface area contributed by atoms with Crippen LogP contribution in [0.2, 0.25) is 0 Å². The molecule has 0 atom stereocenters. The predicted octanol–water partition coefficient (Wildman–Crippen LogP) is 3.98. The topological polar surface area (TPSA) is 58.2 Å². The summed E-state index contributed by atoms with van der Waals surface area (Å²) in [6.07, 6.45) is 5.77. The van der Waals surface area contributed by atoms with Crippen molar-refractivity contribution in [2.75, 3.05) is 5.32 Å². The highest BCUT2D eigenvalue weighted by molar-refractivity contribution is 5.95. The Morgan fingerprint density at radius 2 is 1.71 bits per heavy atom. The zero-order valence-corrected chi connectivity index (χ0v) is 12.8. The molecule has 0 radical (unpaired) electrons. The quantitative estimate of drug-likeness (QED) is 0.823. The molecule has 0 spiro atoms. The van der Waals surface area contributed by atoms with Crippen LogP contribution in [-0.2, 0) is 0 Å². The Bertz CT molecular complexity index is 488. The second kappa shape index (κ2) is 7.25. The Labute approximate surface area is 126 Å². The SMILES string of the molecule is CCC1CCC(NC(=O)Nc2ccc(C(C)=O)cc2)CC1. The van der Waals surface area contributed by atoms with Crippen LogP contribution in [0, 0.1) is 5.92 Å². The van der Waals surface area contributed by atoms with Gasteiger partial charge in [-0.25, -0.2) is 4.79 Å². The van der Waals surface area contributed by atoms with Crippen LogP contribution in [0.3, 0.4) is 0 Å². The molecule has 1 saturated carbocycles. The standard InChI is InChI=1S/C17H24N2O2/c1-3-13-4-8-15(9-5-13)18-17(21)19-16-10-6-14(7-11-16)12(2)20/h6-7,10-11,13,15H,3-5,8-9H2,1-2H3,(H2,18,19,21). The highest BCUT2D eigenvalue weighted by atomic mass is 16.2. The summed E-state index contributed by atoms with van der Waals surface area (Å²) < 4.78 is 0. The lowest BCUT2D eigenvalue weighted by molar-refractivity contribution is 0.101. The van der Waals surface area contributed by atoms with Crippen molar-refractivity contribution < 1.29 is 9.59 Å². The van der Waals surface area contributed by atoms with Crippen LogP contribution in [-0.4, -0.2) is 17.9 Å². The molecule has 0 heterocycles. The zero-order chi connectivity index (χ0) is 15.2. The van der Waals surface area contributed by atoms with Crippen LogP contribution in [0.5, 0.6) is 0 Å². The number of carbonyl (C=O) groups excluding carboxylic acids is 2. The molecule has 4 nitrogen and oxygen atoms in total. The van der Waals surface area contributed by atoms with E-state index in [1.54, 1.807) is 24.3 Å². The lowest BCUT2D eigenvalue weighted by atomic mass is 9.85. The molecule has 0 aliphatic heterocycles. The third-order valence-corrected chi connectivity index (χ3v) is 4.31. The predicted molar refractivity (Wildman–Crippen MR) is 84.6 cm³/mol. The van der Waals surface area contributed by atoms with Crippen molar-refractivity contribution in [3.05, 3.63) is 29.8 Å². The van der Waals surface area contributed by atoms with Gasteiger partial charge < -0.3 is 10.6 Å². The molecule has 0 bridgehead atoms. The largest absolute Gasteiger partial charge is 0.335 e. The summed E-state index contributed by atoms with van der Waals surface area (Å²) in [5.74, 6) is 0.851. The van der Waals surface area contributed by atoms with Crippen LogP contribution in [0.25, 0.3) is 0 Å². The zero-order valence-electron chi connectivity index (χ0n) is 12.8. The van der Waals surface area contributed by atoms with Crippen LogP contribution in [0.4, 0.5) is 10.5 Å². The molecular weight excluding hydrogens is 264 g/mol. The third-order valence-electron chi connectivity index (χ3n) is 4.31. The number of anilines is 1. The number of urea groups is 1. The molecule has 1 aliphatic rings. The Hall–Kier alpha value is -1.84. The molecule has 114 valence electrons. The molecule has 2 rings (SSSR count). The number of carbonyl (C=O) groups is 2. The fourth-order valence-corrected chi connectivity index (χ4v) is 2.86. The maximum absolute atomic E-state index is 12.0. The molecule has 1 aliphatic carbocycles. The highest BCUT2D eigenvalue weighted by Crippen LogP contribution is 2.26. The number of hydrogen-bond donors (Lipinski definition) is 2. The first-order valence-electron chi connectivity index (χ1n) is 7.77. The van der Waals surface area contributed by atoms with Crippen LogP contribution in [0.15, 0.2) is 24.3 Å². The summed E-state index contributed by atoms with van der Waals surface area (Å²) in [5.41, 5.74) is 1.36. The lowest BCUT2D eigenvalue weighted by Gasteiger charge is -2.28. The van der Waals surface area contributed by atoms with Crippen LogP contribution in [0.1, 0.15) is 56.3 Å². The van der Waals surface area contributed by atoms with Gasteiger partial charge in [-0.1, -0.05) is 13.3 Å². The van der Waals surface area contributed by atoms with E-state index in [0.717, 1.165) is 18.8 Å². The Balaban J connectivity index is 1.80. The van der Waals surface area contributed by atoms with E-state index < -0.39 is 0 Å². The van der Waals surface area contributed by atoms with Crippen molar-refractivity contribution in [2.24, 2.45) is 5.92 Å². The van der Waals surface area contributed by atoms with Gasteiger partial charge in [0.2, 0.25) is 0 Å². The van der Waals surface area contributed by atoms with Gasteiger partial charge in [0.15, 0.2) is 5.78 Å². The minimum atomic E-state index is -0.162. The van der Waals surface area contributed by atoms with Gasteiger partial charge in [-0.3, -0.25) is 4.79 Å². The van der Waals surface area contributed by atoms with Crippen LogP contribution >= 0.6 is 0 Å². The van der Waals surface area contributed by atoms with Crippen molar-refractivity contribution >= 4 is 17.5 Å². The summed E-state index contributed by atoms with van der Waals surface area (Å²) >= 11 is 0. The minimum Gasteiger partial charge on any atom is -0.335 e. The molecule has 0 saturated heterocycles. The van der Waals surface area contributed by atoms with E-state index in [0.29, 0.717) is 11.3 Å². The molecular formula is C17H24N2O2. The number of benzene rings is 1. The Morgan fingerprint density at radius 3 is 2.24 bits per heavy atom. The third kappa shape index (κ3) is 4.59. The van der Waals surface area contributed by atoms with Gasteiger partial charge in [0.25, 0.3) is 0 Å². The first-order valence-corrected chi connectivity index (χ1v) is 7.77. The number of Topliss-reactive ketones (excluding diaryl/α,β-unsaturated/α-hetero) is 1. The molecule has 2 N–H and O–H groups in total. The van der Waals surface area contributed by atoms with E-state index in [2.05, 4.69) is 17.6 Å². The number of hydrogen-bond acceptors (Lipinski definition) is 2. The molecule has 1 aromatic carbocycles. The fourth-order valence-electron chi connectivity index (χ4n) is 2.86. The number of nitrogens with one attached hydrogen (secondary N) is 2. The number of rotatable bonds is 4. The summed E-state index contributed by atoms with van der Waals surface area (Å²) in [7, 11) is 0. The number of amides is 2. The molecule has 1 aromatic rings. The molecule has 0 aromatic heterocycles. The molecule has 4 heteroatoms. The smallest absolute Gasteiger partial charge is 0.319 e. The summed E-state index contributed by atoms with van der Waals surface area (Å²) in [6.45, 7) is 3.76. The first-order chi connectivity index (χ1) is 10.1. The average Bonchev–Trinajstić information content (AvgIpc) is 2.48. The Kier molecular flexibility index (Phi) is 5.37. The van der Waals surface area contributed by atoms with Crippen molar-refractivity contribution in [1.82, 2.24) is 5.32 Å². The van der Waals surface area contributed by atoms with E-state index >= 15 is 0 Å². The van der Waals surface area contributed by atoms with Gasteiger partial charge in [-0.15, -0.1) is 0 Å². The molecule has 21 heavy (non-hydrogen) atoms. The summed E-state index contributed by atoms with van der Waals surface area (Å²) in [5, 5.41) is 5.85. The van der Waals surface area contributed by atoms with E-state index in [-0.39, 0.29) is 17.9 Å². The van der Waals surface area contributed by atoms with Gasteiger partial charge in [-0.05, 0) is 62.8 Å². The minimum absolute atomic E-state index is 0.0266. The summed E-state index contributed by atoms with van der Waals surface area (Å²) in [6, 6.07) is 7.08. The van der Waals surface area contributed by atoms with E-state index in [9.17, 15) is 9.59 Å².